The fourth-order valence-corrected chi connectivity index (χ4v) is 1.96. The minimum atomic E-state index is -2.88. The van der Waals surface area contributed by atoms with Crippen molar-refractivity contribution in [2.24, 2.45) is 0 Å². The first kappa shape index (κ1) is 10.8. The molecule has 0 fully saturated rings. The van der Waals surface area contributed by atoms with Gasteiger partial charge in [-0.1, -0.05) is 0 Å². The Labute approximate surface area is 65.8 Å². The predicted octanol–water partition coefficient (Wildman–Crippen LogP) is 0.505. The fourth-order valence-electron chi connectivity index (χ4n) is 0.652. The van der Waals surface area contributed by atoms with E-state index in [1.807, 2.05) is 0 Å². The minimum absolute atomic E-state index is 0.212. The van der Waals surface area contributed by atoms with Crippen molar-refractivity contribution >= 4 is 13.9 Å². The van der Waals surface area contributed by atoms with Crippen LogP contribution in [-0.4, -0.2) is 38.6 Å². The molecular formula is C5H13O5P. The summed E-state index contributed by atoms with van der Waals surface area (Å²) in [5, 5.41) is 8.44. The molecule has 0 aliphatic rings. The van der Waals surface area contributed by atoms with E-state index in [4.69, 9.17) is 18.7 Å². The van der Waals surface area contributed by atoms with Gasteiger partial charge in [0.15, 0.2) is 0 Å². The summed E-state index contributed by atoms with van der Waals surface area (Å²) in [5.74, 6) is -0.984. The maximum absolute atomic E-state index is 10.3. The molecule has 0 aromatic rings. The third kappa shape index (κ3) is 3.12. The molecule has 0 radical (unpaired) electrons. The molecule has 0 saturated heterocycles. The van der Waals surface area contributed by atoms with Crippen LogP contribution < -0.4 is 0 Å². The Kier molecular flexibility index (Phi) is 4.52. The Balaban J connectivity index is 4.16. The van der Waals surface area contributed by atoms with Gasteiger partial charge < -0.3 is 0 Å². The van der Waals surface area contributed by atoms with Gasteiger partial charge >= 0.3 is 64.9 Å². The molecule has 0 unspecified atom stereocenters. The van der Waals surface area contributed by atoms with Crippen molar-refractivity contribution in [3.8, 4) is 0 Å². The SMILES string of the molecule is CO[PH](CC(=O)O)(OC)OC. The molecule has 0 rings (SSSR count). The number of carbonyl (C=O) groups is 1. The molecule has 0 atom stereocenters. The van der Waals surface area contributed by atoms with E-state index in [1.54, 1.807) is 0 Å². The van der Waals surface area contributed by atoms with E-state index in [-0.39, 0.29) is 6.16 Å². The monoisotopic (exact) mass is 184 g/mol. The van der Waals surface area contributed by atoms with Gasteiger partial charge in [-0.2, -0.15) is 0 Å². The third-order valence-corrected chi connectivity index (χ3v) is 3.90. The van der Waals surface area contributed by atoms with Crippen LogP contribution in [0.1, 0.15) is 0 Å². The molecule has 0 amide bonds. The quantitative estimate of drug-likeness (QED) is 0.630. The van der Waals surface area contributed by atoms with E-state index in [9.17, 15) is 4.79 Å². The molecule has 11 heavy (non-hydrogen) atoms. The number of hydrogen-bond acceptors (Lipinski definition) is 4. The topological polar surface area (TPSA) is 65.0 Å². The van der Waals surface area contributed by atoms with Gasteiger partial charge in [0.1, 0.15) is 0 Å². The second-order valence-electron chi connectivity index (χ2n) is 1.87. The number of aliphatic carboxylic acids is 1. The molecule has 6 heteroatoms. The van der Waals surface area contributed by atoms with Crippen molar-refractivity contribution < 1.29 is 23.5 Å². The van der Waals surface area contributed by atoms with E-state index in [2.05, 4.69) is 0 Å². The van der Waals surface area contributed by atoms with Crippen LogP contribution in [0, 0.1) is 0 Å². The summed E-state index contributed by atoms with van der Waals surface area (Å²) >= 11 is 0. The first-order valence-corrected chi connectivity index (χ1v) is 4.90. The fraction of sp³-hybridized carbons (Fsp3) is 0.800. The van der Waals surface area contributed by atoms with Crippen LogP contribution in [0.2, 0.25) is 0 Å². The van der Waals surface area contributed by atoms with Crippen LogP contribution in [-0.2, 0) is 18.4 Å². The van der Waals surface area contributed by atoms with E-state index in [1.165, 1.54) is 21.3 Å². The number of hydrogen-bond donors (Lipinski definition) is 1. The molecule has 68 valence electrons. The summed E-state index contributed by atoms with van der Waals surface area (Å²) in [5.41, 5.74) is 0. The van der Waals surface area contributed by atoms with Crippen LogP contribution >= 0.6 is 7.94 Å². The van der Waals surface area contributed by atoms with Gasteiger partial charge in [0.05, 0.1) is 0 Å². The Morgan fingerprint density at radius 3 is 1.73 bits per heavy atom. The summed E-state index contributed by atoms with van der Waals surface area (Å²) < 4.78 is 14.6. The molecule has 0 aromatic heterocycles. The van der Waals surface area contributed by atoms with Crippen molar-refractivity contribution in [3.05, 3.63) is 0 Å². The number of rotatable bonds is 5. The van der Waals surface area contributed by atoms with E-state index in [0.29, 0.717) is 0 Å². The third-order valence-electron chi connectivity index (χ3n) is 1.30. The van der Waals surface area contributed by atoms with Gasteiger partial charge in [0.2, 0.25) is 0 Å². The Bertz CT molecular complexity index is 125. The Hall–Kier alpha value is -0.220. The molecule has 0 aliphatic carbocycles. The first-order chi connectivity index (χ1) is 5.10. The Morgan fingerprint density at radius 2 is 1.64 bits per heavy atom. The second-order valence-corrected chi connectivity index (χ2v) is 4.81. The summed E-state index contributed by atoms with van der Waals surface area (Å²) in [6.45, 7) is 0. The molecule has 0 bridgehead atoms. The summed E-state index contributed by atoms with van der Waals surface area (Å²) in [6.07, 6.45) is -0.212. The zero-order valence-electron chi connectivity index (χ0n) is 6.79. The van der Waals surface area contributed by atoms with Crippen molar-refractivity contribution in [1.82, 2.24) is 0 Å². The molecular weight excluding hydrogens is 171 g/mol. The standard InChI is InChI=1S/C5H13O5P/c1-8-11(9-2,10-3)4-5(6)7/h11H,4H2,1-3H3,(H,6,7). The van der Waals surface area contributed by atoms with E-state index >= 15 is 0 Å². The van der Waals surface area contributed by atoms with Crippen molar-refractivity contribution in [2.45, 2.75) is 0 Å². The van der Waals surface area contributed by atoms with Crippen molar-refractivity contribution in [3.63, 3.8) is 0 Å². The van der Waals surface area contributed by atoms with Crippen LogP contribution in [0.25, 0.3) is 0 Å². The van der Waals surface area contributed by atoms with Crippen LogP contribution in [0.15, 0.2) is 0 Å². The van der Waals surface area contributed by atoms with E-state index in [0.717, 1.165) is 0 Å². The molecule has 1 N–H and O–H groups in total. The Morgan fingerprint density at radius 1 is 1.27 bits per heavy atom. The average Bonchev–Trinajstić information content (AvgIpc) is 2.00. The molecule has 0 heterocycles. The second kappa shape index (κ2) is 4.62. The molecule has 0 saturated carbocycles. The maximum atomic E-state index is 10.3. The number of carboxylic acid groups (broad SMARTS) is 1. The normalized spacial score (nSPS) is 13.0. The van der Waals surface area contributed by atoms with Crippen molar-refractivity contribution in [1.29, 1.82) is 0 Å². The van der Waals surface area contributed by atoms with Crippen LogP contribution in [0.5, 0.6) is 0 Å². The molecule has 0 aliphatic heterocycles. The van der Waals surface area contributed by atoms with E-state index < -0.39 is 13.9 Å². The molecule has 5 nitrogen and oxygen atoms in total. The van der Waals surface area contributed by atoms with Gasteiger partial charge in [0, 0.05) is 0 Å². The number of carboxylic acids is 1. The van der Waals surface area contributed by atoms with Gasteiger partial charge in [0.25, 0.3) is 0 Å². The summed E-state index contributed by atoms with van der Waals surface area (Å²) in [4.78, 5) is 10.3. The first-order valence-electron chi connectivity index (χ1n) is 2.97. The molecule has 0 aromatic carbocycles. The van der Waals surface area contributed by atoms with Crippen molar-refractivity contribution in [2.75, 3.05) is 27.5 Å². The van der Waals surface area contributed by atoms with Crippen LogP contribution in [0.4, 0.5) is 0 Å². The van der Waals surface area contributed by atoms with Gasteiger partial charge in [-0.25, -0.2) is 0 Å². The summed E-state index contributed by atoms with van der Waals surface area (Å²) in [6, 6.07) is 0. The molecule has 0 spiro atoms. The zero-order chi connectivity index (χ0) is 8.91. The zero-order valence-corrected chi connectivity index (χ0v) is 7.79. The van der Waals surface area contributed by atoms with Gasteiger partial charge in [-0.05, 0) is 0 Å². The van der Waals surface area contributed by atoms with Gasteiger partial charge in [-0.3, -0.25) is 0 Å². The predicted molar refractivity (Wildman–Crippen MR) is 41.8 cm³/mol. The average molecular weight is 184 g/mol. The summed E-state index contributed by atoms with van der Waals surface area (Å²) in [7, 11) is 1.25. The van der Waals surface area contributed by atoms with Crippen LogP contribution in [0.3, 0.4) is 0 Å². The van der Waals surface area contributed by atoms with Gasteiger partial charge in [-0.15, -0.1) is 0 Å².